The number of halogens is 2. The minimum atomic E-state index is -3.77. The van der Waals surface area contributed by atoms with Gasteiger partial charge < -0.3 is 5.73 Å². The van der Waals surface area contributed by atoms with Crippen molar-refractivity contribution in [1.82, 2.24) is 4.31 Å². The number of rotatable bonds is 3. The fraction of sp³-hybridized carbons (Fsp3) is 0.200. The van der Waals surface area contributed by atoms with Gasteiger partial charge >= 0.3 is 0 Å². The fourth-order valence-electron chi connectivity index (χ4n) is 1.12. The Morgan fingerprint density at radius 2 is 2.18 bits per heavy atom. The molecule has 4 nitrogen and oxygen atoms in total. The molecule has 1 rings (SSSR count). The first kappa shape index (κ1) is 14.0. The predicted octanol–water partition coefficient (Wildman–Crippen LogP) is 1.42. The third-order valence-corrected chi connectivity index (χ3v) is 4.82. The van der Waals surface area contributed by atoms with Crippen molar-refractivity contribution in [2.45, 2.75) is 4.90 Å². The van der Waals surface area contributed by atoms with Gasteiger partial charge in [-0.05, 0) is 28.1 Å². The molecule has 17 heavy (non-hydrogen) atoms. The van der Waals surface area contributed by atoms with E-state index < -0.39 is 15.8 Å². The van der Waals surface area contributed by atoms with Crippen LogP contribution >= 0.6 is 15.9 Å². The molecule has 0 aromatic heterocycles. The molecule has 0 fully saturated rings. The zero-order chi connectivity index (χ0) is 13.2. The number of anilines is 1. The van der Waals surface area contributed by atoms with Crippen molar-refractivity contribution >= 4 is 31.6 Å². The van der Waals surface area contributed by atoms with E-state index in [2.05, 4.69) is 21.9 Å². The average molecular weight is 321 g/mol. The van der Waals surface area contributed by atoms with E-state index in [1.165, 1.54) is 7.05 Å². The van der Waals surface area contributed by atoms with E-state index in [1.54, 1.807) is 0 Å². The number of sulfonamides is 1. The number of nitrogen functional groups attached to an aromatic ring is 1. The van der Waals surface area contributed by atoms with Crippen LogP contribution in [0, 0.1) is 18.2 Å². The Bertz CT molecular complexity index is 581. The van der Waals surface area contributed by atoms with Crippen LogP contribution in [-0.2, 0) is 10.0 Å². The molecule has 0 radical (unpaired) electrons. The highest BCUT2D eigenvalue weighted by Gasteiger charge is 2.24. The number of nitrogens with two attached hydrogens (primary N) is 1. The number of nitrogens with zero attached hydrogens (tertiary/aromatic N) is 1. The number of benzene rings is 1. The SMILES string of the molecule is C#CCN(C)S(=O)(=O)c1cc(N)c(F)cc1Br. The van der Waals surface area contributed by atoms with Gasteiger partial charge in [0.2, 0.25) is 10.0 Å². The quantitative estimate of drug-likeness (QED) is 0.676. The molecule has 7 heteroatoms. The number of hydrogen-bond acceptors (Lipinski definition) is 3. The van der Waals surface area contributed by atoms with Gasteiger partial charge in [-0.3, -0.25) is 0 Å². The molecular weight excluding hydrogens is 311 g/mol. The Morgan fingerprint density at radius 1 is 1.59 bits per heavy atom. The summed E-state index contributed by atoms with van der Waals surface area (Å²) in [6, 6.07) is 2.06. The molecule has 1 aromatic rings. The summed E-state index contributed by atoms with van der Waals surface area (Å²) in [5.41, 5.74) is 5.11. The van der Waals surface area contributed by atoms with E-state index in [0.717, 1.165) is 16.4 Å². The minimum Gasteiger partial charge on any atom is -0.396 e. The fourth-order valence-corrected chi connectivity index (χ4v) is 3.21. The molecule has 0 saturated heterocycles. The van der Waals surface area contributed by atoms with Gasteiger partial charge in [0.05, 0.1) is 17.1 Å². The monoisotopic (exact) mass is 320 g/mol. The second kappa shape index (κ2) is 5.04. The molecular formula is C10H10BrFN2O2S. The van der Waals surface area contributed by atoms with Crippen molar-refractivity contribution in [3.63, 3.8) is 0 Å². The van der Waals surface area contributed by atoms with Crippen LogP contribution in [-0.4, -0.2) is 26.3 Å². The van der Waals surface area contributed by atoms with Gasteiger partial charge in [-0.2, -0.15) is 4.31 Å². The molecule has 0 bridgehead atoms. The Morgan fingerprint density at radius 3 is 2.71 bits per heavy atom. The van der Waals surface area contributed by atoms with Gasteiger partial charge in [-0.15, -0.1) is 6.42 Å². The maximum Gasteiger partial charge on any atom is 0.244 e. The second-order valence-electron chi connectivity index (χ2n) is 3.27. The lowest BCUT2D eigenvalue weighted by atomic mass is 10.3. The Balaban J connectivity index is 3.35. The van der Waals surface area contributed by atoms with Crippen molar-refractivity contribution < 1.29 is 12.8 Å². The van der Waals surface area contributed by atoms with Gasteiger partial charge in [0.25, 0.3) is 0 Å². The summed E-state index contributed by atoms with van der Waals surface area (Å²) in [7, 11) is -2.44. The lowest BCUT2D eigenvalue weighted by Gasteiger charge is -2.16. The maximum atomic E-state index is 13.1. The molecule has 0 unspecified atom stereocenters. The summed E-state index contributed by atoms with van der Waals surface area (Å²) in [4.78, 5) is -0.117. The molecule has 0 atom stereocenters. The van der Waals surface area contributed by atoms with Gasteiger partial charge in [-0.25, -0.2) is 12.8 Å². The second-order valence-corrected chi connectivity index (χ2v) is 6.14. The van der Waals surface area contributed by atoms with E-state index in [1.807, 2.05) is 0 Å². The lowest BCUT2D eigenvalue weighted by Crippen LogP contribution is -2.27. The first-order valence-corrected chi connectivity index (χ1v) is 6.68. The third-order valence-electron chi connectivity index (χ3n) is 2.05. The molecule has 0 heterocycles. The Labute approximate surface area is 108 Å². The molecule has 0 aliphatic heterocycles. The maximum absolute atomic E-state index is 13.1. The van der Waals surface area contributed by atoms with Crippen molar-refractivity contribution in [3.05, 3.63) is 22.4 Å². The molecule has 0 saturated carbocycles. The van der Waals surface area contributed by atoms with Gasteiger partial charge in [-0.1, -0.05) is 5.92 Å². The molecule has 0 spiro atoms. The number of terminal acetylenes is 1. The zero-order valence-corrected chi connectivity index (χ0v) is 11.3. The predicted molar refractivity (Wildman–Crippen MR) is 67.2 cm³/mol. The summed E-state index contributed by atoms with van der Waals surface area (Å²) >= 11 is 2.98. The van der Waals surface area contributed by atoms with Crippen molar-refractivity contribution in [1.29, 1.82) is 0 Å². The van der Waals surface area contributed by atoms with Gasteiger partial charge in [0.15, 0.2) is 0 Å². The molecule has 0 amide bonds. The van der Waals surface area contributed by atoms with Gasteiger partial charge in [0.1, 0.15) is 5.82 Å². The minimum absolute atomic E-state index is 0.0773. The van der Waals surface area contributed by atoms with Crippen LogP contribution in [0.2, 0.25) is 0 Å². The molecule has 0 aliphatic carbocycles. The normalized spacial score (nSPS) is 11.5. The summed E-state index contributed by atoms with van der Waals surface area (Å²) in [6.07, 6.45) is 5.04. The van der Waals surface area contributed by atoms with E-state index >= 15 is 0 Å². The first-order valence-electron chi connectivity index (χ1n) is 4.45. The molecule has 92 valence electrons. The standard InChI is InChI=1S/C10H10BrFN2O2S/c1-3-4-14(2)17(15,16)10-6-9(13)8(12)5-7(10)11/h1,5-6H,4,13H2,2H3. The topological polar surface area (TPSA) is 63.4 Å². The average Bonchev–Trinajstić information content (AvgIpc) is 2.23. The van der Waals surface area contributed by atoms with Crippen LogP contribution in [0.5, 0.6) is 0 Å². The highest BCUT2D eigenvalue weighted by Crippen LogP contribution is 2.28. The van der Waals surface area contributed by atoms with Crippen LogP contribution in [0.1, 0.15) is 0 Å². The smallest absolute Gasteiger partial charge is 0.244 e. The van der Waals surface area contributed by atoms with Crippen LogP contribution in [0.15, 0.2) is 21.5 Å². The van der Waals surface area contributed by atoms with E-state index in [4.69, 9.17) is 12.2 Å². The van der Waals surface area contributed by atoms with Crippen LogP contribution in [0.3, 0.4) is 0 Å². The summed E-state index contributed by atoms with van der Waals surface area (Å²) in [5, 5.41) is 0. The Hall–Kier alpha value is -1.10. The lowest BCUT2D eigenvalue weighted by molar-refractivity contribution is 0.502. The van der Waals surface area contributed by atoms with Crippen molar-refractivity contribution in [2.24, 2.45) is 0 Å². The largest absolute Gasteiger partial charge is 0.396 e. The third kappa shape index (κ3) is 2.77. The molecule has 1 aromatic carbocycles. The van der Waals surface area contributed by atoms with E-state index in [9.17, 15) is 12.8 Å². The van der Waals surface area contributed by atoms with Crippen LogP contribution < -0.4 is 5.73 Å². The Kier molecular flexibility index (Phi) is 4.14. The highest BCUT2D eigenvalue weighted by atomic mass is 79.9. The van der Waals surface area contributed by atoms with E-state index in [-0.39, 0.29) is 21.6 Å². The summed E-state index contributed by atoms with van der Waals surface area (Å²) < 4.78 is 38.2. The van der Waals surface area contributed by atoms with Crippen molar-refractivity contribution in [3.8, 4) is 12.3 Å². The van der Waals surface area contributed by atoms with Crippen LogP contribution in [0.4, 0.5) is 10.1 Å². The van der Waals surface area contributed by atoms with Gasteiger partial charge in [0, 0.05) is 11.5 Å². The first-order chi connectivity index (χ1) is 7.80. The summed E-state index contributed by atoms with van der Waals surface area (Å²) in [6.45, 7) is -0.0773. The number of hydrogen-bond donors (Lipinski definition) is 1. The van der Waals surface area contributed by atoms with E-state index in [0.29, 0.717) is 0 Å². The molecule has 2 N–H and O–H groups in total. The highest BCUT2D eigenvalue weighted by molar-refractivity contribution is 9.10. The molecule has 0 aliphatic rings. The van der Waals surface area contributed by atoms with Crippen molar-refractivity contribution in [2.75, 3.05) is 19.3 Å². The van der Waals surface area contributed by atoms with Crippen LogP contribution in [0.25, 0.3) is 0 Å². The summed E-state index contributed by atoms with van der Waals surface area (Å²) in [5.74, 6) is 1.53. The zero-order valence-electron chi connectivity index (χ0n) is 8.94.